The zero-order valence-electron chi connectivity index (χ0n) is 9.88. The van der Waals surface area contributed by atoms with Crippen LogP contribution in [-0.4, -0.2) is 20.9 Å². The minimum atomic E-state index is -1.30. The molecule has 6 nitrogen and oxygen atoms in total. The van der Waals surface area contributed by atoms with Crippen LogP contribution in [0.2, 0.25) is 5.02 Å². The molecule has 1 aromatic heterocycles. The van der Waals surface area contributed by atoms with Crippen molar-refractivity contribution in [1.29, 1.82) is 5.26 Å². The molecule has 0 spiro atoms. The second-order valence-corrected chi connectivity index (χ2v) is 4.30. The summed E-state index contributed by atoms with van der Waals surface area (Å²) in [5.41, 5.74) is 6.58. The maximum atomic E-state index is 11.0. The van der Waals surface area contributed by atoms with Crippen LogP contribution in [0, 0.1) is 18.3 Å². The third-order valence-corrected chi connectivity index (χ3v) is 2.87. The van der Waals surface area contributed by atoms with E-state index in [4.69, 9.17) is 27.7 Å². The first-order chi connectivity index (χ1) is 8.95. The van der Waals surface area contributed by atoms with E-state index < -0.39 is 5.97 Å². The number of nitrogens with two attached hydrogens (primary N) is 1. The molecular weight excluding hydrogens is 268 g/mol. The van der Waals surface area contributed by atoms with E-state index in [1.54, 1.807) is 31.2 Å². The molecule has 0 atom stereocenters. The summed E-state index contributed by atoms with van der Waals surface area (Å²) < 4.78 is 1.21. The average Bonchev–Trinajstić information content (AvgIpc) is 2.69. The number of hydrogen-bond acceptors (Lipinski definition) is 4. The molecule has 0 aliphatic heterocycles. The van der Waals surface area contributed by atoms with Gasteiger partial charge in [0.15, 0.2) is 5.69 Å². The highest BCUT2D eigenvalue weighted by Crippen LogP contribution is 2.25. The zero-order chi connectivity index (χ0) is 14.2. The standard InChI is InChI=1S/C12H9ClN4O2/c1-6-2-3-7(13)4-9(6)17-11(15)8(5-14)10(16-17)12(18)19/h2-4H,15H2,1H3,(H,18,19). The van der Waals surface area contributed by atoms with Crippen molar-refractivity contribution in [1.82, 2.24) is 9.78 Å². The lowest BCUT2D eigenvalue weighted by molar-refractivity contribution is 0.0689. The largest absolute Gasteiger partial charge is 0.476 e. The molecule has 7 heteroatoms. The first kappa shape index (κ1) is 12.9. The molecule has 0 amide bonds. The molecule has 1 heterocycles. The number of carboxylic acids is 1. The van der Waals surface area contributed by atoms with Crippen molar-refractivity contribution in [2.45, 2.75) is 6.92 Å². The van der Waals surface area contributed by atoms with Crippen LogP contribution in [0.25, 0.3) is 5.69 Å². The van der Waals surface area contributed by atoms with E-state index in [2.05, 4.69) is 5.10 Å². The van der Waals surface area contributed by atoms with Crippen LogP contribution in [-0.2, 0) is 0 Å². The summed E-state index contributed by atoms with van der Waals surface area (Å²) in [5.74, 6) is -1.33. The van der Waals surface area contributed by atoms with Crippen LogP contribution in [0.5, 0.6) is 0 Å². The Balaban J connectivity index is 2.74. The monoisotopic (exact) mass is 276 g/mol. The number of nitrogen functional groups attached to an aromatic ring is 1. The topological polar surface area (TPSA) is 105 Å². The molecule has 0 unspecified atom stereocenters. The van der Waals surface area contributed by atoms with Crippen LogP contribution < -0.4 is 5.73 Å². The van der Waals surface area contributed by atoms with Crippen molar-refractivity contribution in [3.05, 3.63) is 40.0 Å². The van der Waals surface area contributed by atoms with Crippen LogP contribution in [0.1, 0.15) is 21.6 Å². The molecule has 0 fully saturated rings. The predicted molar refractivity (Wildman–Crippen MR) is 69.4 cm³/mol. The Morgan fingerprint density at radius 2 is 2.26 bits per heavy atom. The Kier molecular flexibility index (Phi) is 3.15. The summed E-state index contributed by atoms with van der Waals surface area (Å²) in [6.07, 6.45) is 0. The molecule has 0 aliphatic carbocycles. The van der Waals surface area contributed by atoms with Gasteiger partial charge in [-0.3, -0.25) is 0 Å². The van der Waals surface area contributed by atoms with Crippen molar-refractivity contribution in [2.75, 3.05) is 5.73 Å². The highest BCUT2D eigenvalue weighted by atomic mass is 35.5. The fourth-order valence-electron chi connectivity index (χ4n) is 1.69. The fraction of sp³-hybridized carbons (Fsp3) is 0.0833. The normalized spacial score (nSPS) is 10.2. The summed E-state index contributed by atoms with van der Waals surface area (Å²) in [6.45, 7) is 1.80. The van der Waals surface area contributed by atoms with E-state index in [-0.39, 0.29) is 17.1 Å². The van der Waals surface area contributed by atoms with Crippen molar-refractivity contribution in [2.24, 2.45) is 0 Å². The quantitative estimate of drug-likeness (QED) is 0.872. The Labute approximate surface area is 113 Å². The smallest absolute Gasteiger partial charge is 0.357 e. The molecule has 0 saturated heterocycles. The van der Waals surface area contributed by atoms with E-state index in [9.17, 15) is 4.79 Å². The Morgan fingerprint density at radius 1 is 1.58 bits per heavy atom. The number of aromatic carboxylic acids is 1. The second-order valence-electron chi connectivity index (χ2n) is 3.87. The predicted octanol–water partition coefficient (Wildman–Crippen LogP) is 1.99. The summed E-state index contributed by atoms with van der Waals surface area (Å²) in [6, 6.07) is 6.80. The van der Waals surface area contributed by atoms with Crippen LogP contribution in [0.3, 0.4) is 0 Å². The molecule has 0 bridgehead atoms. The molecule has 0 saturated carbocycles. The van der Waals surface area contributed by atoms with Gasteiger partial charge in [0.1, 0.15) is 17.5 Å². The van der Waals surface area contributed by atoms with Gasteiger partial charge in [-0.1, -0.05) is 17.7 Å². The Hall–Kier alpha value is -2.52. The zero-order valence-corrected chi connectivity index (χ0v) is 10.6. The minimum Gasteiger partial charge on any atom is -0.476 e. The van der Waals surface area contributed by atoms with E-state index in [1.807, 2.05) is 0 Å². The first-order valence-electron chi connectivity index (χ1n) is 5.24. The number of hydrogen-bond donors (Lipinski definition) is 2. The number of benzene rings is 1. The van der Waals surface area contributed by atoms with E-state index >= 15 is 0 Å². The number of anilines is 1. The molecule has 0 radical (unpaired) electrons. The Morgan fingerprint density at radius 3 is 2.79 bits per heavy atom. The molecule has 2 aromatic rings. The van der Waals surface area contributed by atoms with E-state index in [0.717, 1.165) is 5.56 Å². The van der Waals surface area contributed by atoms with Gasteiger partial charge in [-0.15, -0.1) is 0 Å². The molecular formula is C12H9ClN4O2. The van der Waals surface area contributed by atoms with Gasteiger partial charge in [-0.2, -0.15) is 10.4 Å². The Bertz CT molecular complexity index is 715. The number of nitriles is 1. The van der Waals surface area contributed by atoms with E-state index in [1.165, 1.54) is 4.68 Å². The van der Waals surface area contributed by atoms with Crippen LogP contribution >= 0.6 is 11.6 Å². The third-order valence-electron chi connectivity index (χ3n) is 2.63. The lowest BCUT2D eigenvalue weighted by atomic mass is 10.2. The van der Waals surface area contributed by atoms with Crippen molar-refractivity contribution >= 4 is 23.4 Å². The molecule has 96 valence electrons. The van der Waals surface area contributed by atoms with Crippen LogP contribution in [0.15, 0.2) is 18.2 Å². The van der Waals surface area contributed by atoms with Crippen LogP contribution in [0.4, 0.5) is 5.82 Å². The van der Waals surface area contributed by atoms with E-state index in [0.29, 0.717) is 10.7 Å². The number of aromatic nitrogens is 2. The lowest BCUT2D eigenvalue weighted by Gasteiger charge is -2.07. The number of nitrogens with zero attached hydrogens (tertiary/aromatic N) is 3. The number of rotatable bonds is 2. The van der Waals surface area contributed by atoms with Crippen molar-refractivity contribution in [3.63, 3.8) is 0 Å². The highest BCUT2D eigenvalue weighted by molar-refractivity contribution is 6.30. The number of halogens is 1. The molecule has 3 N–H and O–H groups in total. The summed E-state index contributed by atoms with van der Waals surface area (Å²) in [7, 11) is 0. The maximum absolute atomic E-state index is 11.0. The van der Waals surface area contributed by atoms with Gasteiger partial charge in [-0.25, -0.2) is 9.48 Å². The number of aryl methyl sites for hydroxylation is 1. The summed E-state index contributed by atoms with van der Waals surface area (Å²) in [4.78, 5) is 11.0. The SMILES string of the molecule is Cc1ccc(Cl)cc1-n1nc(C(=O)O)c(C#N)c1N. The molecule has 1 aromatic carbocycles. The van der Waals surface area contributed by atoms with Gasteiger partial charge >= 0.3 is 5.97 Å². The van der Waals surface area contributed by atoms with Gasteiger partial charge in [0.05, 0.1) is 5.69 Å². The average molecular weight is 277 g/mol. The molecule has 19 heavy (non-hydrogen) atoms. The fourth-order valence-corrected chi connectivity index (χ4v) is 1.85. The number of carbonyl (C=O) groups is 1. The summed E-state index contributed by atoms with van der Waals surface area (Å²) in [5, 5.41) is 22.3. The van der Waals surface area contributed by atoms with Gasteiger partial charge in [0.2, 0.25) is 0 Å². The molecule has 2 rings (SSSR count). The van der Waals surface area contributed by atoms with Crippen molar-refractivity contribution < 1.29 is 9.90 Å². The van der Waals surface area contributed by atoms with Gasteiger partial charge in [0.25, 0.3) is 0 Å². The van der Waals surface area contributed by atoms with Crippen molar-refractivity contribution in [3.8, 4) is 11.8 Å². The van der Waals surface area contributed by atoms with Gasteiger partial charge < -0.3 is 10.8 Å². The first-order valence-corrected chi connectivity index (χ1v) is 5.62. The molecule has 0 aliphatic rings. The second kappa shape index (κ2) is 4.63. The minimum absolute atomic E-state index is 0.0229. The van der Waals surface area contributed by atoms with Gasteiger partial charge in [0, 0.05) is 5.02 Å². The van der Waals surface area contributed by atoms with Gasteiger partial charge in [-0.05, 0) is 24.6 Å². The number of carboxylic acid groups (broad SMARTS) is 1. The summed E-state index contributed by atoms with van der Waals surface area (Å²) >= 11 is 5.90. The maximum Gasteiger partial charge on any atom is 0.357 e. The third kappa shape index (κ3) is 2.11. The highest BCUT2D eigenvalue weighted by Gasteiger charge is 2.22. The lowest BCUT2D eigenvalue weighted by Crippen LogP contribution is -2.05.